The van der Waals surface area contributed by atoms with Gasteiger partial charge in [-0.15, -0.1) is 0 Å². The molecule has 0 radical (unpaired) electrons. The van der Waals surface area contributed by atoms with Crippen molar-refractivity contribution < 1.29 is 63.9 Å². The lowest BCUT2D eigenvalue weighted by atomic mass is 9.98. The molecule has 0 unspecified atom stereocenters. The van der Waals surface area contributed by atoms with Crippen LogP contribution in [0.5, 0.6) is 5.75 Å². The van der Waals surface area contributed by atoms with Crippen LogP contribution in [0.3, 0.4) is 0 Å². The Hall–Kier alpha value is -3.66. The van der Waals surface area contributed by atoms with Crippen LogP contribution in [0.1, 0.15) is 18.1 Å². The molecule has 232 valence electrons. The number of aliphatic hydroxyl groups is 5. The molecular weight excluding hydrogens is 568 g/mol. The van der Waals surface area contributed by atoms with Crippen LogP contribution >= 0.6 is 0 Å². The molecule has 43 heavy (non-hydrogen) atoms. The Morgan fingerprint density at radius 2 is 1.33 bits per heavy atom. The smallest absolute Gasteiger partial charge is 0.333 e. The third-order valence-corrected chi connectivity index (χ3v) is 6.88. The number of rotatable bonds is 9. The topological polar surface area (TPSA) is 202 Å². The molecule has 4 rings (SSSR count). The quantitative estimate of drug-likeness (QED) is 0.164. The minimum atomic E-state index is -1.77. The molecule has 10 atom stereocenters. The van der Waals surface area contributed by atoms with Gasteiger partial charge in [0.05, 0.1) is 12.7 Å². The van der Waals surface area contributed by atoms with Gasteiger partial charge in [0.15, 0.2) is 12.4 Å². The van der Waals surface area contributed by atoms with E-state index in [0.29, 0.717) is 11.1 Å². The normalized spacial score (nSPS) is 33.0. The summed E-state index contributed by atoms with van der Waals surface area (Å²) in [5.74, 6) is -1.70. The lowest BCUT2D eigenvalue weighted by Crippen LogP contribution is -2.61. The van der Waals surface area contributed by atoms with Gasteiger partial charge < -0.3 is 54.3 Å². The van der Waals surface area contributed by atoms with Crippen molar-refractivity contribution in [3.8, 4) is 5.75 Å². The first kappa shape index (κ1) is 32.3. The molecular formula is C30H34O13. The molecule has 13 nitrogen and oxygen atoms in total. The van der Waals surface area contributed by atoms with Crippen LogP contribution in [-0.2, 0) is 33.3 Å². The summed E-state index contributed by atoms with van der Waals surface area (Å²) in [4.78, 5) is 24.7. The molecule has 13 heteroatoms. The fourth-order valence-electron chi connectivity index (χ4n) is 4.42. The van der Waals surface area contributed by atoms with Crippen LogP contribution in [0.15, 0.2) is 66.7 Å². The van der Waals surface area contributed by atoms with E-state index in [2.05, 4.69) is 0 Å². The number of aromatic hydroxyl groups is 1. The first-order chi connectivity index (χ1) is 20.5. The highest BCUT2D eigenvalue weighted by atomic mass is 16.7. The minimum absolute atomic E-state index is 0.0533. The standard InChI is InChI=1S/C30H34O13/c1-16-23(34)28(42-21(32)13-10-18-7-11-19(31)12-8-18)27(38)29(40-16)39-15-20-24(35)25(36)26(37)30(41-20)43-22(33)14-9-17-5-3-2-4-6-17/h2-14,16,20,23-31,34-38H,15H2,1H3/t16-,20+,23+,24-,25+,26-,27-,28-,29-,30+/m1/s1. The van der Waals surface area contributed by atoms with E-state index < -0.39 is 80.0 Å². The number of phenols is 1. The van der Waals surface area contributed by atoms with Crippen molar-refractivity contribution in [2.45, 2.75) is 68.3 Å². The van der Waals surface area contributed by atoms with E-state index in [1.54, 1.807) is 36.4 Å². The maximum absolute atomic E-state index is 12.4. The highest BCUT2D eigenvalue weighted by Crippen LogP contribution is 2.27. The zero-order valence-electron chi connectivity index (χ0n) is 23.0. The Bertz CT molecular complexity index is 1260. The molecule has 2 aliphatic rings. The van der Waals surface area contributed by atoms with Gasteiger partial charge in [-0.25, -0.2) is 9.59 Å². The van der Waals surface area contributed by atoms with Gasteiger partial charge in [0.25, 0.3) is 0 Å². The summed E-state index contributed by atoms with van der Waals surface area (Å²) in [7, 11) is 0. The van der Waals surface area contributed by atoms with Crippen LogP contribution in [0.2, 0.25) is 0 Å². The summed E-state index contributed by atoms with van der Waals surface area (Å²) < 4.78 is 27.0. The van der Waals surface area contributed by atoms with E-state index in [1.807, 2.05) is 6.07 Å². The number of ether oxygens (including phenoxy) is 5. The van der Waals surface area contributed by atoms with Crippen molar-refractivity contribution >= 4 is 24.1 Å². The molecule has 0 bridgehead atoms. The number of carbonyl (C=O) groups excluding carboxylic acids is 2. The van der Waals surface area contributed by atoms with Crippen LogP contribution in [0.25, 0.3) is 12.2 Å². The number of esters is 2. The van der Waals surface area contributed by atoms with Gasteiger partial charge in [-0.3, -0.25) is 0 Å². The Labute approximate surface area is 246 Å². The van der Waals surface area contributed by atoms with Crippen LogP contribution < -0.4 is 0 Å². The number of benzene rings is 2. The first-order valence-corrected chi connectivity index (χ1v) is 13.5. The van der Waals surface area contributed by atoms with Crippen molar-refractivity contribution in [2.75, 3.05) is 6.61 Å². The fraction of sp³-hybridized carbons (Fsp3) is 0.400. The lowest BCUT2D eigenvalue weighted by Gasteiger charge is -2.42. The third-order valence-electron chi connectivity index (χ3n) is 6.88. The van der Waals surface area contributed by atoms with Gasteiger partial charge >= 0.3 is 11.9 Å². The number of hydrogen-bond acceptors (Lipinski definition) is 13. The second-order valence-electron chi connectivity index (χ2n) is 10.0. The zero-order valence-corrected chi connectivity index (χ0v) is 23.0. The highest BCUT2D eigenvalue weighted by molar-refractivity contribution is 5.87. The van der Waals surface area contributed by atoms with Crippen molar-refractivity contribution in [1.29, 1.82) is 0 Å². The number of aliphatic hydroxyl groups excluding tert-OH is 5. The Morgan fingerprint density at radius 1 is 0.721 bits per heavy atom. The number of carbonyl (C=O) groups is 2. The summed E-state index contributed by atoms with van der Waals surface area (Å²) in [5.41, 5.74) is 1.31. The van der Waals surface area contributed by atoms with Crippen LogP contribution in [0.4, 0.5) is 0 Å². The summed E-state index contributed by atoms with van der Waals surface area (Å²) in [6.07, 6.45) is -10.1. The molecule has 0 saturated carbocycles. The van der Waals surface area contributed by atoms with E-state index in [-0.39, 0.29) is 5.75 Å². The molecule has 2 aromatic rings. The van der Waals surface area contributed by atoms with Gasteiger partial charge in [-0.1, -0.05) is 42.5 Å². The molecule has 2 fully saturated rings. The third kappa shape index (κ3) is 8.46. The molecule has 0 aromatic heterocycles. The van der Waals surface area contributed by atoms with Crippen molar-refractivity contribution in [3.05, 3.63) is 77.9 Å². The summed E-state index contributed by atoms with van der Waals surface area (Å²) in [5, 5.41) is 61.7. The van der Waals surface area contributed by atoms with Gasteiger partial charge in [-0.05, 0) is 42.3 Å². The monoisotopic (exact) mass is 602 g/mol. The Morgan fingerprint density at radius 3 is 1.98 bits per heavy atom. The maximum Gasteiger partial charge on any atom is 0.333 e. The Balaban J connectivity index is 1.34. The number of phenolic OH excluding ortho intramolecular Hbond substituents is 1. The minimum Gasteiger partial charge on any atom is -0.508 e. The average Bonchev–Trinajstić information content (AvgIpc) is 3.00. The summed E-state index contributed by atoms with van der Waals surface area (Å²) in [6, 6.07) is 14.9. The molecule has 0 aliphatic carbocycles. The van der Waals surface area contributed by atoms with Gasteiger partial charge in [0.1, 0.15) is 42.4 Å². The van der Waals surface area contributed by atoms with Crippen molar-refractivity contribution in [2.24, 2.45) is 0 Å². The second kappa shape index (κ2) is 14.7. The molecule has 6 N–H and O–H groups in total. The molecule has 2 saturated heterocycles. The van der Waals surface area contributed by atoms with Gasteiger partial charge in [0.2, 0.25) is 6.29 Å². The predicted octanol–water partition coefficient (Wildman–Crippen LogP) is -0.135. The van der Waals surface area contributed by atoms with Crippen LogP contribution in [0, 0.1) is 0 Å². The van der Waals surface area contributed by atoms with E-state index in [0.717, 1.165) is 12.2 Å². The molecule has 0 spiro atoms. The van der Waals surface area contributed by atoms with E-state index in [1.165, 1.54) is 31.2 Å². The summed E-state index contributed by atoms with van der Waals surface area (Å²) >= 11 is 0. The van der Waals surface area contributed by atoms with Crippen LogP contribution in [-0.4, -0.2) is 111 Å². The molecule has 2 aliphatic heterocycles. The zero-order chi connectivity index (χ0) is 31.1. The molecule has 2 aromatic carbocycles. The Kier molecular flexibility index (Phi) is 11.0. The van der Waals surface area contributed by atoms with E-state index in [4.69, 9.17) is 23.7 Å². The van der Waals surface area contributed by atoms with Gasteiger partial charge in [-0.2, -0.15) is 0 Å². The lowest BCUT2D eigenvalue weighted by molar-refractivity contribution is -0.323. The second-order valence-corrected chi connectivity index (χ2v) is 10.0. The first-order valence-electron chi connectivity index (χ1n) is 13.5. The van der Waals surface area contributed by atoms with Gasteiger partial charge in [0, 0.05) is 12.2 Å². The largest absolute Gasteiger partial charge is 0.508 e. The summed E-state index contributed by atoms with van der Waals surface area (Å²) in [6.45, 7) is 0.940. The molecule has 2 heterocycles. The van der Waals surface area contributed by atoms with E-state index >= 15 is 0 Å². The maximum atomic E-state index is 12.4. The highest BCUT2D eigenvalue weighted by Gasteiger charge is 2.48. The molecule has 0 amide bonds. The fourth-order valence-corrected chi connectivity index (χ4v) is 4.42. The average molecular weight is 603 g/mol. The van der Waals surface area contributed by atoms with E-state index in [9.17, 15) is 40.2 Å². The SMILES string of the molecule is C[C@H]1O[C@@H](OC[C@@H]2O[C@@H](OC(=O)C=Cc3ccccc3)[C@H](O)[C@@H](O)[C@@H]2O)[C@H](O)[C@H](OC(=O)C=Cc2ccc(O)cc2)[C@H]1O. The van der Waals surface area contributed by atoms with Crippen molar-refractivity contribution in [1.82, 2.24) is 0 Å². The predicted molar refractivity (Wildman–Crippen MR) is 148 cm³/mol. The van der Waals surface area contributed by atoms with Crippen molar-refractivity contribution in [3.63, 3.8) is 0 Å². The number of hydrogen-bond donors (Lipinski definition) is 6.